The van der Waals surface area contributed by atoms with Gasteiger partial charge in [0, 0.05) is 18.4 Å². The van der Waals surface area contributed by atoms with Crippen LogP contribution in [0.4, 0.5) is 21.7 Å². The van der Waals surface area contributed by atoms with Gasteiger partial charge >= 0.3 is 13.2 Å². The maximum Gasteiger partial charge on any atom is 0.673 e. The van der Waals surface area contributed by atoms with Gasteiger partial charge in [-0.25, -0.2) is 8.42 Å². The van der Waals surface area contributed by atoms with Gasteiger partial charge in [-0.15, -0.1) is 4.39 Å². The molecular formula is C7H9BF5NO2S. The van der Waals surface area contributed by atoms with E-state index in [4.69, 9.17) is 0 Å². The average Bonchev–Trinajstić information content (AvgIpc) is 2.04. The van der Waals surface area contributed by atoms with Crippen molar-refractivity contribution in [3.8, 4) is 0 Å². The first-order chi connectivity index (χ1) is 7.43. The van der Waals surface area contributed by atoms with Crippen molar-refractivity contribution in [1.29, 1.82) is 0 Å². The van der Waals surface area contributed by atoms with Gasteiger partial charge in [-0.3, -0.25) is 0 Å². The second kappa shape index (κ2) is 5.43. The molecule has 10 heteroatoms. The van der Waals surface area contributed by atoms with Gasteiger partial charge in [0.25, 0.3) is 5.03 Å². The summed E-state index contributed by atoms with van der Waals surface area (Å²) < 4.78 is 74.8. The summed E-state index contributed by atoms with van der Waals surface area (Å²) in [4.78, 5) is 0. The lowest BCUT2D eigenvalue weighted by atomic mass is 10.3. The number of hydrogen-bond donors (Lipinski definition) is 0. The fourth-order valence-electron chi connectivity index (χ4n) is 0.911. The summed E-state index contributed by atoms with van der Waals surface area (Å²) in [6.07, 6.45) is 1.04. The lowest BCUT2D eigenvalue weighted by molar-refractivity contribution is -0.736. The van der Waals surface area contributed by atoms with Crippen LogP contribution < -0.4 is 4.57 Å². The summed E-state index contributed by atoms with van der Waals surface area (Å²) in [6, 6.07) is 3.93. The van der Waals surface area contributed by atoms with Crippen molar-refractivity contribution in [1.82, 2.24) is 0 Å². The third-order valence-electron chi connectivity index (χ3n) is 1.50. The molecule has 98 valence electrons. The Bertz CT molecular complexity index is 482. The SMILES string of the molecule is C[n+]1c(F)cccc1S(C)(=O)=O.F[B-](F)(F)F. The highest BCUT2D eigenvalue weighted by molar-refractivity contribution is 7.90. The zero-order valence-electron chi connectivity index (χ0n) is 8.87. The van der Waals surface area contributed by atoms with Crippen molar-refractivity contribution < 1.29 is 34.6 Å². The van der Waals surface area contributed by atoms with Crippen LogP contribution in [-0.2, 0) is 16.9 Å². The van der Waals surface area contributed by atoms with E-state index in [0.717, 1.165) is 10.8 Å². The summed E-state index contributed by atoms with van der Waals surface area (Å²) >= 11 is 0. The van der Waals surface area contributed by atoms with Gasteiger partial charge in [0.2, 0.25) is 9.84 Å². The van der Waals surface area contributed by atoms with E-state index < -0.39 is 23.0 Å². The van der Waals surface area contributed by atoms with Crippen LogP contribution in [-0.4, -0.2) is 21.9 Å². The molecule has 0 aliphatic carbocycles. The van der Waals surface area contributed by atoms with Gasteiger partial charge in [0.05, 0.1) is 0 Å². The molecule has 0 aliphatic heterocycles. The van der Waals surface area contributed by atoms with E-state index in [2.05, 4.69) is 0 Å². The van der Waals surface area contributed by atoms with Crippen molar-refractivity contribution in [3.63, 3.8) is 0 Å². The number of pyridine rings is 1. The molecule has 1 aromatic rings. The van der Waals surface area contributed by atoms with Crippen molar-refractivity contribution in [3.05, 3.63) is 24.1 Å². The third-order valence-corrected chi connectivity index (χ3v) is 2.67. The normalized spacial score (nSPS) is 11.7. The first-order valence-electron chi connectivity index (χ1n) is 4.15. The van der Waals surface area contributed by atoms with Crippen molar-refractivity contribution in [2.45, 2.75) is 5.03 Å². The molecule has 0 saturated heterocycles. The number of rotatable bonds is 1. The van der Waals surface area contributed by atoms with Gasteiger partial charge in [0.15, 0.2) is 0 Å². The Morgan fingerprint density at radius 3 is 1.88 bits per heavy atom. The highest BCUT2D eigenvalue weighted by atomic mass is 32.2. The van der Waals surface area contributed by atoms with Crippen LogP contribution >= 0.6 is 0 Å². The summed E-state index contributed by atoms with van der Waals surface area (Å²) in [5.41, 5.74) is 0. The van der Waals surface area contributed by atoms with Crippen molar-refractivity contribution >= 4 is 17.1 Å². The van der Waals surface area contributed by atoms with E-state index in [-0.39, 0.29) is 5.03 Å². The Morgan fingerprint density at radius 2 is 1.59 bits per heavy atom. The molecule has 1 heterocycles. The number of sulfone groups is 1. The minimum absolute atomic E-state index is 0.0255. The molecular weight excluding hydrogens is 268 g/mol. The zero-order chi connectivity index (χ0) is 13.9. The highest BCUT2D eigenvalue weighted by Gasteiger charge is 2.21. The molecule has 0 radical (unpaired) electrons. The molecule has 0 aliphatic rings. The van der Waals surface area contributed by atoms with Crippen LogP contribution in [0.1, 0.15) is 0 Å². The fourth-order valence-corrected chi connectivity index (χ4v) is 1.82. The molecule has 0 unspecified atom stereocenters. The lowest BCUT2D eigenvalue weighted by Crippen LogP contribution is -2.39. The van der Waals surface area contributed by atoms with E-state index in [1.165, 1.54) is 25.2 Å². The molecule has 0 saturated carbocycles. The van der Waals surface area contributed by atoms with Crippen LogP contribution in [0.2, 0.25) is 0 Å². The Labute approximate surface area is 94.9 Å². The Balaban J connectivity index is 0.000000437. The largest absolute Gasteiger partial charge is 0.673 e. The Kier molecular flexibility index (Phi) is 5.05. The maximum absolute atomic E-state index is 12.8. The van der Waals surface area contributed by atoms with E-state index in [0.29, 0.717) is 0 Å². The molecule has 17 heavy (non-hydrogen) atoms. The standard InChI is InChI=1S/C7H9FNO2S.BF4/c1-9-6(8)4-3-5-7(9)12(2,10)11;2-1(3,4)5/h3-5H,1-2H3;/q+1;-1. The van der Waals surface area contributed by atoms with Crippen LogP contribution in [0, 0.1) is 5.95 Å². The van der Waals surface area contributed by atoms with Gasteiger partial charge < -0.3 is 17.3 Å². The molecule has 0 fully saturated rings. The first kappa shape index (κ1) is 15.8. The van der Waals surface area contributed by atoms with E-state index >= 15 is 0 Å². The molecule has 0 aromatic carbocycles. The van der Waals surface area contributed by atoms with Gasteiger partial charge in [-0.05, 0) is 6.07 Å². The molecule has 0 N–H and O–H groups in total. The monoisotopic (exact) mass is 277 g/mol. The Morgan fingerprint density at radius 1 is 1.18 bits per heavy atom. The minimum Gasteiger partial charge on any atom is -0.418 e. The first-order valence-corrected chi connectivity index (χ1v) is 6.04. The summed E-state index contributed by atoms with van der Waals surface area (Å²) in [7, 11) is -7.97. The van der Waals surface area contributed by atoms with Crippen LogP contribution in [0.5, 0.6) is 0 Å². The number of aromatic nitrogens is 1. The summed E-state index contributed by atoms with van der Waals surface area (Å²) in [5.74, 6) is -0.571. The molecule has 3 nitrogen and oxygen atoms in total. The van der Waals surface area contributed by atoms with Crippen molar-refractivity contribution in [2.24, 2.45) is 7.05 Å². The van der Waals surface area contributed by atoms with Gasteiger partial charge in [-0.1, -0.05) is 0 Å². The third kappa shape index (κ3) is 6.87. The Hall–Kier alpha value is -1.19. The van der Waals surface area contributed by atoms with Crippen molar-refractivity contribution in [2.75, 3.05) is 6.26 Å². The van der Waals surface area contributed by atoms with Gasteiger partial charge in [0.1, 0.15) is 7.05 Å². The number of hydrogen-bond acceptors (Lipinski definition) is 2. The number of halogens is 5. The molecule has 0 bridgehead atoms. The van der Waals surface area contributed by atoms with Gasteiger partial charge in [-0.2, -0.15) is 4.57 Å². The van der Waals surface area contributed by atoms with E-state index in [1.54, 1.807) is 0 Å². The average molecular weight is 277 g/mol. The second-order valence-electron chi connectivity index (χ2n) is 3.01. The van der Waals surface area contributed by atoms with Crippen LogP contribution in [0.25, 0.3) is 0 Å². The number of nitrogens with zero attached hydrogens (tertiary/aromatic N) is 1. The summed E-state index contributed by atoms with van der Waals surface area (Å²) in [5, 5.41) is -0.0255. The minimum atomic E-state index is -6.00. The maximum atomic E-state index is 12.8. The second-order valence-corrected chi connectivity index (χ2v) is 4.98. The predicted molar refractivity (Wildman–Crippen MR) is 50.9 cm³/mol. The lowest BCUT2D eigenvalue weighted by Gasteiger charge is -1.95. The smallest absolute Gasteiger partial charge is 0.418 e. The van der Waals surface area contributed by atoms with E-state index in [9.17, 15) is 30.1 Å². The predicted octanol–water partition coefficient (Wildman–Crippen LogP) is 1.35. The zero-order valence-corrected chi connectivity index (χ0v) is 9.69. The highest BCUT2D eigenvalue weighted by Crippen LogP contribution is 2.06. The fraction of sp³-hybridized carbons (Fsp3) is 0.286. The molecule has 0 amide bonds. The summed E-state index contributed by atoms with van der Waals surface area (Å²) in [6.45, 7) is 0. The van der Waals surface area contributed by atoms with Crippen LogP contribution in [0.15, 0.2) is 23.2 Å². The van der Waals surface area contributed by atoms with Crippen LogP contribution in [0.3, 0.4) is 0 Å². The quantitative estimate of drug-likeness (QED) is 0.336. The molecule has 0 atom stereocenters. The molecule has 1 aromatic heterocycles. The van der Waals surface area contributed by atoms with E-state index in [1.807, 2.05) is 0 Å². The molecule has 0 spiro atoms. The molecule has 1 rings (SSSR count). The topological polar surface area (TPSA) is 38.0 Å².